The van der Waals surface area contributed by atoms with E-state index < -0.39 is 11.7 Å². The first kappa shape index (κ1) is 22.2. The average Bonchev–Trinajstić information content (AvgIpc) is 3.09. The van der Waals surface area contributed by atoms with Gasteiger partial charge in [0.15, 0.2) is 0 Å². The fraction of sp³-hybridized carbons (Fsp3) is 0.481. The molecule has 0 radical (unpaired) electrons. The fourth-order valence-electron chi connectivity index (χ4n) is 6.35. The van der Waals surface area contributed by atoms with E-state index >= 15 is 0 Å². The number of cyclic esters (lactones) is 1. The van der Waals surface area contributed by atoms with Gasteiger partial charge in [-0.05, 0) is 67.4 Å². The summed E-state index contributed by atoms with van der Waals surface area (Å²) in [7, 11) is 0. The van der Waals surface area contributed by atoms with Crippen molar-refractivity contribution < 1.29 is 22.7 Å². The van der Waals surface area contributed by atoms with Crippen LogP contribution in [0.4, 0.5) is 13.2 Å². The van der Waals surface area contributed by atoms with Gasteiger partial charge in [0.2, 0.25) is 0 Å². The number of halogens is 3. The minimum Gasteiger partial charge on any atom is -0.462 e. The molecule has 3 aliphatic rings. The van der Waals surface area contributed by atoms with Gasteiger partial charge in [-0.15, -0.1) is 0 Å². The van der Waals surface area contributed by atoms with E-state index in [-0.39, 0.29) is 29.8 Å². The topological polar surface area (TPSA) is 39.2 Å². The summed E-state index contributed by atoms with van der Waals surface area (Å²) in [5, 5.41) is 0. The number of hydrogen-bond acceptors (Lipinski definition) is 3. The Balaban J connectivity index is 1.38. The van der Waals surface area contributed by atoms with E-state index in [1.54, 1.807) is 18.3 Å². The van der Waals surface area contributed by atoms with Crippen LogP contribution in [0.25, 0.3) is 17.2 Å². The number of fused-ring (bicyclic) bond motifs is 2. The molecule has 174 valence electrons. The standard InChI is InChI=1S/C27H28F3NO2/c1-16-25-23(22-8-3-2-5-18(22)14-24(25)26(32)33-16)12-11-21-10-9-19(15-31-21)17-6-4-7-20(13-17)27(28,29)30/h4,6-7,9-13,15-16,18,22-25H,2-3,5,8,14H2,1H3/b12-11+/t16-,18+,22-,23+,24-,25?/m1/s1. The van der Waals surface area contributed by atoms with Gasteiger partial charge in [0.05, 0.1) is 17.2 Å². The molecule has 2 heterocycles. The lowest BCUT2D eigenvalue weighted by molar-refractivity contribution is -0.144. The van der Waals surface area contributed by atoms with Gasteiger partial charge >= 0.3 is 12.1 Å². The van der Waals surface area contributed by atoms with Gasteiger partial charge in [0, 0.05) is 17.7 Å². The summed E-state index contributed by atoms with van der Waals surface area (Å²) in [6.07, 6.45) is 7.18. The molecular formula is C27H28F3NO2. The molecule has 2 aromatic rings. The molecule has 1 saturated heterocycles. The van der Waals surface area contributed by atoms with Crippen molar-refractivity contribution >= 4 is 12.0 Å². The molecule has 0 bridgehead atoms. The van der Waals surface area contributed by atoms with Crippen LogP contribution in [0.3, 0.4) is 0 Å². The smallest absolute Gasteiger partial charge is 0.416 e. The summed E-state index contributed by atoms with van der Waals surface area (Å²) >= 11 is 0. The van der Waals surface area contributed by atoms with Crippen molar-refractivity contribution in [1.82, 2.24) is 4.98 Å². The molecule has 1 aliphatic heterocycles. The molecule has 0 amide bonds. The predicted molar refractivity (Wildman–Crippen MR) is 120 cm³/mol. The molecule has 5 rings (SSSR count). The number of alkyl halides is 3. The Morgan fingerprint density at radius 1 is 1.09 bits per heavy atom. The minimum absolute atomic E-state index is 0.00903. The Hall–Kier alpha value is -2.63. The summed E-state index contributed by atoms with van der Waals surface area (Å²) in [6, 6.07) is 8.94. The molecule has 6 atom stereocenters. The number of nitrogens with zero attached hydrogens (tertiary/aromatic N) is 1. The molecule has 2 aliphatic carbocycles. The van der Waals surface area contributed by atoms with Crippen LogP contribution in [-0.4, -0.2) is 17.1 Å². The van der Waals surface area contributed by atoms with Crippen molar-refractivity contribution in [2.45, 2.75) is 51.3 Å². The molecule has 1 aromatic heterocycles. The molecule has 2 saturated carbocycles. The van der Waals surface area contributed by atoms with Crippen molar-refractivity contribution in [3.05, 3.63) is 59.9 Å². The molecule has 3 fully saturated rings. The first-order chi connectivity index (χ1) is 15.8. The number of pyridine rings is 1. The molecular weight excluding hydrogens is 427 g/mol. The minimum atomic E-state index is -4.37. The third-order valence-corrected chi connectivity index (χ3v) is 7.87. The highest BCUT2D eigenvalue weighted by molar-refractivity contribution is 5.75. The third-order valence-electron chi connectivity index (χ3n) is 7.87. The maximum Gasteiger partial charge on any atom is 0.416 e. The van der Waals surface area contributed by atoms with E-state index in [0.29, 0.717) is 23.0 Å². The lowest BCUT2D eigenvalue weighted by Crippen LogP contribution is -2.42. The maximum atomic E-state index is 13.0. The summed E-state index contributed by atoms with van der Waals surface area (Å²) in [5.74, 6) is 1.57. The molecule has 33 heavy (non-hydrogen) atoms. The van der Waals surface area contributed by atoms with Gasteiger partial charge in [0.1, 0.15) is 6.10 Å². The van der Waals surface area contributed by atoms with Crippen molar-refractivity contribution in [3.8, 4) is 11.1 Å². The monoisotopic (exact) mass is 455 g/mol. The van der Waals surface area contributed by atoms with E-state index in [1.807, 2.05) is 19.1 Å². The highest BCUT2D eigenvalue weighted by Crippen LogP contribution is 2.53. The van der Waals surface area contributed by atoms with Crippen molar-refractivity contribution in [2.24, 2.45) is 29.6 Å². The number of rotatable bonds is 3. The number of benzene rings is 1. The van der Waals surface area contributed by atoms with Crippen LogP contribution in [0.5, 0.6) is 0 Å². The number of aromatic nitrogens is 1. The van der Waals surface area contributed by atoms with Gasteiger partial charge in [-0.2, -0.15) is 13.2 Å². The first-order valence-corrected chi connectivity index (χ1v) is 11.8. The van der Waals surface area contributed by atoms with Crippen LogP contribution in [0.1, 0.15) is 50.3 Å². The zero-order valence-electron chi connectivity index (χ0n) is 18.6. The molecule has 3 nitrogen and oxygen atoms in total. The SMILES string of the molecule is C[C@H]1OC(=O)[C@@H]2C[C@@H]3CCCC[C@H]3[C@H](/C=C/c3ccc(-c4cccc(C(F)(F)F)c4)cn3)C12. The van der Waals surface area contributed by atoms with Gasteiger partial charge < -0.3 is 4.74 Å². The zero-order valence-corrected chi connectivity index (χ0v) is 18.6. The number of carbonyl (C=O) groups excluding carboxylic acids is 1. The van der Waals surface area contributed by atoms with E-state index in [1.165, 1.54) is 31.7 Å². The maximum absolute atomic E-state index is 13.0. The normalized spacial score (nSPS) is 31.8. The van der Waals surface area contributed by atoms with Gasteiger partial charge in [-0.25, -0.2) is 0 Å². The quantitative estimate of drug-likeness (QED) is 0.479. The van der Waals surface area contributed by atoms with Gasteiger partial charge in [0.25, 0.3) is 0 Å². The molecule has 1 aromatic carbocycles. The molecule has 0 spiro atoms. The van der Waals surface area contributed by atoms with Crippen molar-refractivity contribution in [3.63, 3.8) is 0 Å². The second-order valence-electron chi connectivity index (χ2n) is 9.76. The van der Waals surface area contributed by atoms with Crippen LogP contribution in [-0.2, 0) is 15.7 Å². The molecule has 1 unspecified atom stereocenters. The van der Waals surface area contributed by atoms with E-state index in [9.17, 15) is 18.0 Å². The molecule has 6 heteroatoms. The van der Waals surface area contributed by atoms with Crippen LogP contribution in [0, 0.1) is 29.6 Å². The van der Waals surface area contributed by atoms with Crippen molar-refractivity contribution in [1.29, 1.82) is 0 Å². The summed E-state index contributed by atoms with van der Waals surface area (Å²) in [5.41, 5.74) is 1.23. The van der Waals surface area contributed by atoms with Crippen LogP contribution in [0.15, 0.2) is 48.7 Å². The third kappa shape index (κ3) is 4.32. The van der Waals surface area contributed by atoms with Gasteiger partial charge in [-0.3, -0.25) is 9.78 Å². The Kier molecular flexibility index (Phi) is 5.79. The first-order valence-electron chi connectivity index (χ1n) is 11.8. The summed E-state index contributed by atoms with van der Waals surface area (Å²) < 4.78 is 44.7. The van der Waals surface area contributed by atoms with Crippen LogP contribution in [0.2, 0.25) is 0 Å². The van der Waals surface area contributed by atoms with Gasteiger partial charge in [-0.1, -0.05) is 43.5 Å². The van der Waals surface area contributed by atoms with Crippen LogP contribution >= 0.6 is 0 Å². The Bertz CT molecular complexity index is 1050. The highest BCUT2D eigenvalue weighted by atomic mass is 19.4. The summed E-state index contributed by atoms with van der Waals surface area (Å²) in [4.78, 5) is 16.9. The highest BCUT2D eigenvalue weighted by Gasteiger charge is 2.53. The number of allylic oxidation sites excluding steroid dienone is 1. The predicted octanol–water partition coefficient (Wildman–Crippen LogP) is 6.78. The fourth-order valence-corrected chi connectivity index (χ4v) is 6.35. The van der Waals surface area contributed by atoms with E-state index in [0.717, 1.165) is 24.2 Å². The largest absolute Gasteiger partial charge is 0.462 e. The van der Waals surface area contributed by atoms with E-state index in [4.69, 9.17) is 4.74 Å². The van der Waals surface area contributed by atoms with Crippen LogP contribution < -0.4 is 0 Å². The Morgan fingerprint density at radius 3 is 2.67 bits per heavy atom. The molecule has 0 N–H and O–H groups in total. The Morgan fingerprint density at radius 2 is 1.91 bits per heavy atom. The Labute approximate surface area is 192 Å². The number of hydrogen-bond donors (Lipinski definition) is 0. The zero-order chi connectivity index (χ0) is 23.2. The van der Waals surface area contributed by atoms with Crippen molar-refractivity contribution in [2.75, 3.05) is 0 Å². The number of esters is 1. The lowest BCUT2D eigenvalue weighted by atomic mass is 9.57. The van der Waals surface area contributed by atoms with E-state index in [2.05, 4.69) is 11.1 Å². The number of ether oxygens (including phenoxy) is 1. The second kappa shape index (κ2) is 8.62. The summed E-state index contributed by atoms with van der Waals surface area (Å²) in [6.45, 7) is 2.01. The second-order valence-corrected chi connectivity index (χ2v) is 9.76. The number of carbonyl (C=O) groups is 1. The lowest BCUT2D eigenvalue weighted by Gasteiger charge is -2.45. The average molecular weight is 456 g/mol.